The van der Waals surface area contributed by atoms with Crippen LogP contribution in [-0.4, -0.2) is 146 Å². The van der Waals surface area contributed by atoms with Crippen LogP contribution in [0.4, 0.5) is 34.6 Å². The summed E-state index contributed by atoms with van der Waals surface area (Å²) in [6.07, 6.45) is 10.6. The number of rotatable bonds is 28. The second kappa shape index (κ2) is 30.1. The van der Waals surface area contributed by atoms with Crippen molar-refractivity contribution in [2.45, 2.75) is 77.9 Å². The third-order valence-electron chi connectivity index (χ3n) is 14.4. The number of anilines is 4. The third-order valence-corrected chi connectivity index (χ3v) is 14.4. The van der Waals surface area contributed by atoms with Gasteiger partial charge in [0.15, 0.2) is 23.0 Å². The monoisotopic (exact) mass is 1210 g/mol. The summed E-state index contributed by atoms with van der Waals surface area (Å²) in [6, 6.07) is 20.5. The van der Waals surface area contributed by atoms with E-state index in [0.29, 0.717) is 77.9 Å². The summed E-state index contributed by atoms with van der Waals surface area (Å²) in [7, 11) is 4.58. The van der Waals surface area contributed by atoms with Crippen molar-refractivity contribution < 1.29 is 57.2 Å². The Kier molecular flexibility index (Phi) is 21.7. The van der Waals surface area contributed by atoms with E-state index in [1.807, 2.05) is 42.6 Å². The smallest absolute Gasteiger partial charge is 0.260 e. The first-order valence-corrected chi connectivity index (χ1v) is 28.7. The first kappa shape index (κ1) is 64.3. The van der Waals surface area contributed by atoms with Gasteiger partial charge in [-0.1, -0.05) is 44.7 Å². The van der Waals surface area contributed by atoms with Gasteiger partial charge in [0.05, 0.1) is 63.1 Å². The maximum Gasteiger partial charge on any atom is 0.260 e. The van der Waals surface area contributed by atoms with Crippen LogP contribution in [0.2, 0.25) is 0 Å². The minimum Gasteiger partial charge on any atom is -0.497 e. The number of nitrogens with one attached hydrogen (secondary N) is 7. The summed E-state index contributed by atoms with van der Waals surface area (Å²) < 4.78 is 29.0. The fourth-order valence-electron chi connectivity index (χ4n) is 9.74. The Bertz CT molecular complexity index is 3640. The molecule has 0 spiro atoms. The normalized spacial score (nSPS) is 14.7. The van der Waals surface area contributed by atoms with E-state index in [-0.39, 0.29) is 84.9 Å². The van der Waals surface area contributed by atoms with E-state index < -0.39 is 29.8 Å². The van der Waals surface area contributed by atoms with Crippen LogP contribution >= 0.6 is 0 Å². The predicted octanol–water partition coefficient (Wildman–Crippen LogP) is 8.12. The zero-order chi connectivity index (χ0) is 63.7. The summed E-state index contributed by atoms with van der Waals surface area (Å²) in [6.45, 7) is 11.0. The van der Waals surface area contributed by atoms with Gasteiger partial charge in [0.1, 0.15) is 29.5 Å². The van der Waals surface area contributed by atoms with Gasteiger partial charge in [-0.3, -0.25) is 48.9 Å². The summed E-state index contributed by atoms with van der Waals surface area (Å²) in [5.41, 5.74) is 5.49. The highest BCUT2D eigenvalue weighted by atomic mass is 16.5. The molecule has 7 amide bonds. The fraction of sp³-hybridized carbons (Fsp3) is 0.312. The molecule has 0 radical (unpaired) electrons. The molecule has 1 unspecified atom stereocenters. The van der Waals surface area contributed by atoms with E-state index in [9.17, 15) is 33.6 Å². The van der Waals surface area contributed by atoms with Crippen molar-refractivity contribution in [1.82, 2.24) is 30.4 Å². The van der Waals surface area contributed by atoms with Crippen LogP contribution in [0.25, 0.3) is 11.1 Å². The number of aliphatic imine (C=N–C) groups is 2. The number of nitrogens with zero attached hydrogens (tertiary/aromatic N) is 6. The number of carbonyl (C=O) groups is 7. The number of methoxy groups -OCH3 is 3. The fourth-order valence-corrected chi connectivity index (χ4v) is 9.74. The molecule has 0 saturated carbocycles. The zero-order valence-corrected chi connectivity index (χ0v) is 50.4. The van der Waals surface area contributed by atoms with Gasteiger partial charge >= 0.3 is 0 Å². The van der Waals surface area contributed by atoms with E-state index in [4.69, 9.17) is 34.1 Å². The Morgan fingerprint density at radius 2 is 1.46 bits per heavy atom. The predicted molar refractivity (Wildman–Crippen MR) is 338 cm³/mol. The van der Waals surface area contributed by atoms with E-state index in [2.05, 4.69) is 53.4 Å². The SMILES string of the molecule is C=CC(=O)Nc1nc(NCCCC(=O)N[C@H](C(=O)N[C@@H](C)C(=O)Nc2ccc(C3=CN4C(=O)c5cc(OC)c(OCCCOc6cc(N=CC=N)c(C(=O)N7C=C(c8ccc(OC)cc8)CC7)cc6OC)cc5N=CC4C3)cc2)C(C)C)cc(NC(C)=O)n1. The van der Waals surface area contributed by atoms with Crippen LogP contribution in [0.5, 0.6) is 28.7 Å². The molecule has 3 aliphatic rings. The molecule has 89 heavy (non-hydrogen) atoms. The molecule has 25 nitrogen and oxygen atoms in total. The molecule has 464 valence electrons. The largest absolute Gasteiger partial charge is 0.497 e. The minimum absolute atomic E-state index is 0.0441. The number of aromatic nitrogens is 2. The molecule has 8 rings (SSSR count). The summed E-state index contributed by atoms with van der Waals surface area (Å²) >= 11 is 0. The lowest BCUT2D eigenvalue weighted by atomic mass is 10.0. The summed E-state index contributed by atoms with van der Waals surface area (Å²) in [5.74, 6) is -0.695. The molecule has 25 heteroatoms. The summed E-state index contributed by atoms with van der Waals surface area (Å²) in [5, 5.41) is 23.9. The molecule has 0 saturated heterocycles. The molecule has 3 aliphatic heterocycles. The molecule has 0 fully saturated rings. The van der Waals surface area contributed by atoms with Gasteiger partial charge in [0.25, 0.3) is 11.8 Å². The van der Waals surface area contributed by atoms with E-state index in [1.165, 1.54) is 33.4 Å². The van der Waals surface area contributed by atoms with Crippen molar-refractivity contribution >= 4 is 106 Å². The molecule has 7 N–H and O–H groups in total. The van der Waals surface area contributed by atoms with Gasteiger partial charge < -0.3 is 65.5 Å². The molecule has 5 aromatic rings. The molecule has 0 aliphatic carbocycles. The second-order valence-corrected chi connectivity index (χ2v) is 21.0. The second-order valence-electron chi connectivity index (χ2n) is 21.0. The van der Waals surface area contributed by atoms with Crippen molar-refractivity contribution in [3.63, 3.8) is 0 Å². The lowest BCUT2D eigenvalue weighted by Gasteiger charge is -2.24. The molecule has 4 heterocycles. The molecule has 1 aromatic heterocycles. The van der Waals surface area contributed by atoms with Crippen LogP contribution < -0.4 is 55.6 Å². The average molecular weight is 1210 g/mol. The van der Waals surface area contributed by atoms with Gasteiger partial charge in [-0.15, -0.1) is 0 Å². The maximum absolute atomic E-state index is 14.2. The van der Waals surface area contributed by atoms with Crippen LogP contribution in [-0.2, 0) is 24.0 Å². The number of carbonyl (C=O) groups excluding carboxylic acids is 7. The van der Waals surface area contributed by atoms with E-state index >= 15 is 0 Å². The van der Waals surface area contributed by atoms with Crippen LogP contribution in [0.3, 0.4) is 0 Å². The van der Waals surface area contributed by atoms with Crippen molar-refractivity contribution in [3.05, 3.63) is 126 Å². The van der Waals surface area contributed by atoms with Gasteiger partial charge in [-0.05, 0) is 90.4 Å². The molecular formula is C64H71N13O12. The zero-order valence-electron chi connectivity index (χ0n) is 50.4. The first-order chi connectivity index (χ1) is 42.9. The Morgan fingerprint density at radius 3 is 2.13 bits per heavy atom. The number of amides is 7. The number of fused-ring (bicyclic) bond motifs is 2. The highest BCUT2D eigenvalue weighted by Crippen LogP contribution is 2.41. The van der Waals surface area contributed by atoms with E-state index in [1.54, 1.807) is 86.5 Å². The van der Waals surface area contributed by atoms with Crippen molar-refractivity contribution in [2.24, 2.45) is 15.9 Å². The van der Waals surface area contributed by atoms with Crippen molar-refractivity contribution in [3.8, 4) is 28.7 Å². The van der Waals surface area contributed by atoms with Gasteiger partial charge in [-0.2, -0.15) is 9.97 Å². The molecule has 3 atom stereocenters. The van der Waals surface area contributed by atoms with Crippen molar-refractivity contribution in [2.75, 3.05) is 68.9 Å². The van der Waals surface area contributed by atoms with Gasteiger partial charge in [-0.25, -0.2) is 0 Å². The highest BCUT2D eigenvalue weighted by molar-refractivity contribution is 6.16. The first-order valence-electron chi connectivity index (χ1n) is 28.7. The Morgan fingerprint density at radius 1 is 0.775 bits per heavy atom. The average Bonchev–Trinajstić information content (AvgIpc) is 1.97. The number of hydrogen-bond acceptors (Lipinski definition) is 18. The molecule has 4 aromatic carbocycles. The standard InChI is InChI=1S/C64H71N13O12/c1-9-57(79)75-64-72-55(33-56(73-64)70-39(5)78)67-23-10-12-58(80)74-59(37(2)3)61(82)69-38(4)60(81)71-44-17-13-41(14-18-44)43-28-45-34-68-50-32-54(52(87-8)30-48(50)63(84)77(45)36-43)89-27-11-26-88-53-31-49(66-24-22-65)47(29-51(53)86-7)62(83)76-25-21-42(35-76)40-15-19-46(85-6)20-16-40/h9,13-20,22,24,29-38,45,59,65H,1,10-12,21,23,25-28H2,2-8H3,(H,69,82)(H,71,81)(H,74,80)(H3,67,70,72,73,75,78,79)/t38-,45?,59-/m0/s1. The number of hydrogen-bond donors (Lipinski definition) is 7. The maximum atomic E-state index is 14.2. The van der Waals surface area contributed by atoms with Gasteiger partial charge in [0, 0.05) is 94.2 Å². The van der Waals surface area contributed by atoms with Crippen LogP contribution in [0.1, 0.15) is 91.6 Å². The topological polar surface area (TPSA) is 319 Å². The molecule has 0 bridgehead atoms. The number of ether oxygens (including phenoxy) is 5. The lowest BCUT2D eigenvalue weighted by Crippen LogP contribution is -2.53. The lowest BCUT2D eigenvalue weighted by molar-refractivity contribution is -0.131. The quantitative estimate of drug-likeness (QED) is 0.0141. The van der Waals surface area contributed by atoms with E-state index in [0.717, 1.165) is 40.3 Å². The summed E-state index contributed by atoms with van der Waals surface area (Å²) in [4.78, 5) is 112. The number of benzene rings is 4. The van der Waals surface area contributed by atoms with Crippen molar-refractivity contribution in [1.29, 1.82) is 5.41 Å². The molecular weight excluding hydrogens is 1140 g/mol. The Balaban J connectivity index is 0.806. The van der Waals surface area contributed by atoms with Gasteiger partial charge in [0.2, 0.25) is 35.5 Å². The highest BCUT2D eigenvalue weighted by Gasteiger charge is 2.34. The Hall–Kier alpha value is -10.7. The Labute approximate surface area is 514 Å². The minimum atomic E-state index is -0.969. The van der Waals surface area contributed by atoms with Crippen LogP contribution in [0, 0.1) is 11.3 Å². The third kappa shape index (κ3) is 16.6. The van der Waals surface area contributed by atoms with Crippen LogP contribution in [0.15, 0.2) is 114 Å².